The van der Waals surface area contributed by atoms with Crippen LogP contribution >= 0.6 is 0 Å². The number of methoxy groups -OCH3 is 2. The van der Waals surface area contributed by atoms with Gasteiger partial charge in [-0.2, -0.15) is 10.4 Å². The summed E-state index contributed by atoms with van der Waals surface area (Å²) in [7, 11) is 3.28. The van der Waals surface area contributed by atoms with Gasteiger partial charge >= 0.3 is 0 Å². The van der Waals surface area contributed by atoms with Gasteiger partial charge in [-0.25, -0.2) is 0 Å². The molecular weight excluding hydrogens is 254 g/mol. The van der Waals surface area contributed by atoms with Crippen LogP contribution in [0.4, 0.5) is 0 Å². The van der Waals surface area contributed by atoms with Crippen LogP contribution in [0.3, 0.4) is 0 Å². The molecular formula is C15H17N3O2. The molecule has 1 aromatic heterocycles. The zero-order valence-electron chi connectivity index (χ0n) is 11.7. The predicted octanol–water partition coefficient (Wildman–Crippen LogP) is 2.27. The van der Waals surface area contributed by atoms with E-state index >= 15 is 0 Å². The van der Waals surface area contributed by atoms with Gasteiger partial charge in [0.05, 0.1) is 38.9 Å². The van der Waals surface area contributed by atoms with Crippen molar-refractivity contribution < 1.29 is 9.47 Å². The van der Waals surface area contributed by atoms with Crippen LogP contribution in [0.5, 0.6) is 5.75 Å². The molecule has 0 aliphatic heterocycles. The summed E-state index contributed by atoms with van der Waals surface area (Å²) in [5, 5.41) is 13.1. The Balaban J connectivity index is 2.24. The topological polar surface area (TPSA) is 60.1 Å². The highest BCUT2D eigenvalue weighted by Gasteiger charge is 2.07. The van der Waals surface area contributed by atoms with Crippen LogP contribution in [-0.4, -0.2) is 30.6 Å². The molecule has 0 atom stereocenters. The Labute approximate surface area is 118 Å². The summed E-state index contributed by atoms with van der Waals surface area (Å²) in [6, 6.07) is 7.97. The Morgan fingerprint density at radius 2 is 2.15 bits per heavy atom. The minimum Gasteiger partial charge on any atom is -0.496 e. The van der Waals surface area contributed by atoms with Crippen molar-refractivity contribution in [2.45, 2.75) is 13.0 Å². The number of hydrogen-bond acceptors (Lipinski definition) is 4. The summed E-state index contributed by atoms with van der Waals surface area (Å²) in [6.45, 7) is 1.35. The smallest absolute Gasteiger partial charge is 0.123 e. The van der Waals surface area contributed by atoms with Gasteiger partial charge in [0.1, 0.15) is 5.75 Å². The van der Waals surface area contributed by atoms with Gasteiger partial charge in [0, 0.05) is 24.4 Å². The monoisotopic (exact) mass is 271 g/mol. The molecule has 104 valence electrons. The Hall–Kier alpha value is -2.32. The minimum absolute atomic E-state index is 0.344. The molecule has 0 aliphatic carbocycles. The molecule has 2 aromatic rings. The number of nitrogens with zero attached hydrogens (tertiary/aromatic N) is 3. The highest BCUT2D eigenvalue weighted by molar-refractivity contribution is 5.65. The molecule has 1 heterocycles. The first kappa shape index (κ1) is 14.1. The van der Waals surface area contributed by atoms with E-state index in [0.717, 1.165) is 29.0 Å². The number of nitriles is 1. The molecule has 5 heteroatoms. The summed E-state index contributed by atoms with van der Waals surface area (Å²) in [4.78, 5) is 0. The van der Waals surface area contributed by atoms with Gasteiger partial charge in [0.2, 0.25) is 0 Å². The maximum atomic E-state index is 8.78. The fourth-order valence-corrected chi connectivity index (χ4v) is 1.98. The van der Waals surface area contributed by atoms with E-state index in [2.05, 4.69) is 11.2 Å². The molecule has 0 bridgehead atoms. The Morgan fingerprint density at radius 3 is 2.85 bits per heavy atom. The number of hydrogen-bond donors (Lipinski definition) is 0. The fourth-order valence-electron chi connectivity index (χ4n) is 1.98. The molecule has 0 saturated carbocycles. The van der Waals surface area contributed by atoms with Gasteiger partial charge in [-0.15, -0.1) is 0 Å². The van der Waals surface area contributed by atoms with Crippen molar-refractivity contribution in [1.29, 1.82) is 5.26 Å². The number of benzene rings is 1. The third-order valence-corrected chi connectivity index (χ3v) is 3.05. The molecule has 2 rings (SSSR count). The first-order valence-electron chi connectivity index (χ1n) is 6.34. The van der Waals surface area contributed by atoms with Gasteiger partial charge in [-0.1, -0.05) is 12.1 Å². The van der Waals surface area contributed by atoms with Crippen LogP contribution in [0.1, 0.15) is 5.56 Å². The lowest BCUT2D eigenvalue weighted by Crippen LogP contribution is -2.03. The van der Waals surface area contributed by atoms with Crippen molar-refractivity contribution in [1.82, 2.24) is 9.78 Å². The third-order valence-electron chi connectivity index (χ3n) is 3.05. The lowest BCUT2D eigenvalue weighted by Gasteiger charge is -2.07. The van der Waals surface area contributed by atoms with Gasteiger partial charge in [0.25, 0.3) is 0 Å². The maximum Gasteiger partial charge on any atom is 0.123 e. The fraction of sp³-hybridized carbons (Fsp3) is 0.333. The second kappa shape index (κ2) is 6.73. The summed E-state index contributed by atoms with van der Waals surface area (Å²) >= 11 is 0. The second-order valence-electron chi connectivity index (χ2n) is 4.35. The average Bonchev–Trinajstić information content (AvgIpc) is 2.94. The summed E-state index contributed by atoms with van der Waals surface area (Å²) in [5.74, 6) is 0.730. The van der Waals surface area contributed by atoms with Crippen LogP contribution in [0, 0.1) is 11.3 Å². The number of ether oxygens (including phenoxy) is 2. The van der Waals surface area contributed by atoms with Gasteiger partial charge in [-0.05, 0) is 11.6 Å². The summed E-state index contributed by atoms with van der Waals surface area (Å²) in [5.41, 5.74) is 2.93. The first-order valence-corrected chi connectivity index (χ1v) is 6.34. The maximum absolute atomic E-state index is 8.78. The van der Waals surface area contributed by atoms with E-state index in [1.807, 2.05) is 35.3 Å². The van der Waals surface area contributed by atoms with Crippen LogP contribution in [0.2, 0.25) is 0 Å². The number of rotatable bonds is 6. The largest absolute Gasteiger partial charge is 0.496 e. The van der Waals surface area contributed by atoms with E-state index in [-0.39, 0.29) is 0 Å². The van der Waals surface area contributed by atoms with Crippen LogP contribution in [0.25, 0.3) is 11.1 Å². The molecule has 1 aromatic carbocycles. The SMILES string of the molecule is COCCn1cc(-c2ccc(CC#N)c(OC)c2)cn1. The number of aromatic nitrogens is 2. The van der Waals surface area contributed by atoms with Gasteiger partial charge in [-0.3, -0.25) is 4.68 Å². The van der Waals surface area contributed by atoms with Crippen LogP contribution in [0.15, 0.2) is 30.6 Å². The highest BCUT2D eigenvalue weighted by Crippen LogP contribution is 2.27. The highest BCUT2D eigenvalue weighted by atomic mass is 16.5. The summed E-state index contributed by atoms with van der Waals surface area (Å²) in [6.07, 6.45) is 4.13. The zero-order valence-corrected chi connectivity index (χ0v) is 11.7. The molecule has 0 N–H and O–H groups in total. The third kappa shape index (κ3) is 3.16. The zero-order chi connectivity index (χ0) is 14.4. The van der Waals surface area contributed by atoms with Gasteiger partial charge in [0.15, 0.2) is 0 Å². The summed E-state index contributed by atoms with van der Waals surface area (Å²) < 4.78 is 12.2. The molecule has 0 spiro atoms. The predicted molar refractivity (Wildman–Crippen MR) is 75.4 cm³/mol. The Kier molecular flexibility index (Phi) is 4.75. The normalized spacial score (nSPS) is 10.2. The van der Waals surface area contributed by atoms with E-state index in [1.54, 1.807) is 14.2 Å². The Bertz CT molecular complexity index is 614. The molecule has 0 saturated heterocycles. The lowest BCUT2D eigenvalue weighted by molar-refractivity contribution is 0.183. The van der Waals surface area contributed by atoms with Crippen molar-refractivity contribution in [3.05, 3.63) is 36.2 Å². The molecule has 0 radical (unpaired) electrons. The van der Waals surface area contributed by atoms with Gasteiger partial charge < -0.3 is 9.47 Å². The average molecular weight is 271 g/mol. The van der Waals surface area contributed by atoms with Crippen molar-refractivity contribution in [2.24, 2.45) is 0 Å². The van der Waals surface area contributed by atoms with Crippen molar-refractivity contribution in [3.8, 4) is 22.9 Å². The van der Waals surface area contributed by atoms with E-state index in [4.69, 9.17) is 14.7 Å². The quantitative estimate of drug-likeness (QED) is 0.808. The standard InChI is InChI=1S/C15H17N3O2/c1-19-8-7-18-11-14(10-17-18)13-4-3-12(5-6-16)15(9-13)20-2/h3-4,9-11H,5,7-8H2,1-2H3. The molecule has 20 heavy (non-hydrogen) atoms. The van der Waals surface area contributed by atoms with Crippen molar-refractivity contribution in [2.75, 3.05) is 20.8 Å². The van der Waals surface area contributed by atoms with Crippen LogP contribution < -0.4 is 4.74 Å². The minimum atomic E-state index is 0.344. The first-order chi connectivity index (χ1) is 9.78. The van der Waals surface area contributed by atoms with Crippen molar-refractivity contribution in [3.63, 3.8) is 0 Å². The second-order valence-corrected chi connectivity index (χ2v) is 4.35. The molecule has 0 amide bonds. The van der Waals surface area contributed by atoms with E-state index in [1.165, 1.54) is 0 Å². The Morgan fingerprint density at radius 1 is 1.30 bits per heavy atom. The van der Waals surface area contributed by atoms with Crippen molar-refractivity contribution >= 4 is 0 Å². The molecule has 0 aliphatic rings. The molecule has 5 nitrogen and oxygen atoms in total. The van der Waals surface area contributed by atoms with Crippen LogP contribution in [-0.2, 0) is 17.7 Å². The van der Waals surface area contributed by atoms with E-state index in [0.29, 0.717) is 13.0 Å². The lowest BCUT2D eigenvalue weighted by atomic mass is 10.0. The van der Waals surface area contributed by atoms with E-state index < -0.39 is 0 Å². The molecule has 0 fully saturated rings. The molecule has 0 unspecified atom stereocenters. The van der Waals surface area contributed by atoms with E-state index in [9.17, 15) is 0 Å².